The number of nitrogens with zero attached hydrogens (tertiary/aromatic N) is 6. The van der Waals surface area contributed by atoms with Crippen LogP contribution in [0, 0.1) is 0 Å². The van der Waals surface area contributed by atoms with Gasteiger partial charge in [0.25, 0.3) is 0 Å². The SMILES string of the molecule is c1ccc(-c2nc(-c3cccc([Si]4(c5ccccc5)c5ncccc5-c5cccnc54)c3)nc(-n3c4ccccc4c4ccccc43)n2)cc1. The zero-order chi connectivity index (χ0) is 33.1. The Balaban J connectivity index is 1.25. The first-order chi connectivity index (χ1) is 24.8. The van der Waals surface area contributed by atoms with E-state index in [0.29, 0.717) is 17.6 Å². The minimum Gasteiger partial charge on any atom is -0.278 e. The average molecular weight is 657 g/mol. The Morgan fingerprint density at radius 1 is 0.420 bits per heavy atom. The van der Waals surface area contributed by atoms with E-state index in [0.717, 1.165) is 54.7 Å². The lowest BCUT2D eigenvalue weighted by molar-refractivity contribution is 0.953. The molecule has 0 saturated heterocycles. The second kappa shape index (κ2) is 11.3. The van der Waals surface area contributed by atoms with E-state index < -0.39 is 8.07 Å². The molecule has 234 valence electrons. The summed E-state index contributed by atoms with van der Waals surface area (Å²) in [5.74, 6) is 1.80. The van der Waals surface area contributed by atoms with Gasteiger partial charge in [-0.25, -0.2) is 4.98 Å². The Hall–Kier alpha value is -6.57. The van der Waals surface area contributed by atoms with Crippen molar-refractivity contribution in [3.05, 3.63) is 170 Å². The molecule has 0 atom stereocenters. The van der Waals surface area contributed by atoms with Crippen molar-refractivity contribution in [3.63, 3.8) is 0 Å². The van der Waals surface area contributed by atoms with Crippen molar-refractivity contribution in [2.75, 3.05) is 0 Å². The number of para-hydroxylation sites is 2. The molecule has 1 aliphatic rings. The third-order valence-corrected chi connectivity index (χ3v) is 14.4. The van der Waals surface area contributed by atoms with Gasteiger partial charge in [-0.3, -0.25) is 14.5 Å². The molecule has 7 heteroatoms. The maximum absolute atomic E-state index is 5.25. The third-order valence-electron chi connectivity index (χ3n) is 9.81. The van der Waals surface area contributed by atoms with Crippen LogP contribution in [0.3, 0.4) is 0 Å². The molecular formula is C43H28N6Si. The highest BCUT2D eigenvalue weighted by Gasteiger charge is 2.51. The molecule has 9 aromatic rings. The van der Waals surface area contributed by atoms with E-state index in [1.54, 1.807) is 0 Å². The number of rotatable bonds is 5. The first kappa shape index (κ1) is 28.4. The van der Waals surface area contributed by atoms with E-state index in [1.165, 1.54) is 10.4 Å². The largest absolute Gasteiger partial charge is 0.278 e. The lowest BCUT2D eigenvalue weighted by Crippen LogP contribution is -2.74. The molecule has 6 nitrogen and oxygen atoms in total. The number of hydrogen-bond acceptors (Lipinski definition) is 5. The van der Waals surface area contributed by atoms with Gasteiger partial charge in [0.1, 0.15) is 0 Å². The van der Waals surface area contributed by atoms with Gasteiger partial charge in [-0.2, -0.15) is 9.97 Å². The standard InChI is InChI=1S/C43H28N6Si/c1-3-14-29(15-4-1)39-46-40(48-43(47-39)49-37-24-9-7-20-33(37)34-21-8-10-25-38(34)49)30-16-11-19-32(28-30)50(31-17-5-2-6-18-31)41-35(22-12-26-44-41)36-23-13-27-45-42(36)50/h1-28H. The lowest BCUT2D eigenvalue weighted by Gasteiger charge is -2.29. The molecular weight excluding hydrogens is 629 g/mol. The molecule has 0 fully saturated rings. The van der Waals surface area contributed by atoms with Crippen molar-refractivity contribution in [2.24, 2.45) is 0 Å². The molecule has 0 saturated carbocycles. The maximum Gasteiger partial charge on any atom is 0.238 e. The molecule has 0 aliphatic carbocycles. The first-order valence-electron chi connectivity index (χ1n) is 16.7. The molecule has 0 spiro atoms. The molecule has 4 aromatic heterocycles. The fourth-order valence-corrected chi connectivity index (χ4v) is 12.5. The van der Waals surface area contributed by atoms with Gasteiger partial charge < -0.3 is 0 Å². The van der Waals surface area contributed by atoms with Crippen molar-refractivity contribution in [1.29, 1.82) is 0 Å². The van der Waals surface area contributed by atoms with Gasteiger partial charge in [0.05, 0.1) is 11.0 Å². The fourth-order valence-electron chi connectivity index (χ4n) is 7.70. The minimum atomic E-state index is -2.91. The Labute approximate surface area is 289 Å². The molecule has 0 amide bonds. The molecule has 10 rings (SSSR count). The Morgan fingerprint density at radius 3 is 1.58 bits per heavy atom. The normalized spacial score (nSPS) is 13.0. The van der Waals surface area contributed by atoms with Gasteiger partial charge in [0.2, 0.25) is 14.0 Å². The van der Waals surface area contributed by atoms with Crippen molar-refractivity contribution in [1.82, 2.24) is 29.5 Å². The second-order valence-electron chi connectivity index (χ2n) is 12.5. The summed E-state index contributed by atoms with van der Waals surface area (Å²) in [5.41, 5.74) is 6.23. The predicted molar refractivity (Wildman–Crippen MR) is 203 cm³/mol. The van der Waals surface area contributed by atoms with Crippen LogP contribution in [0.5, 0.6) is 0 Å². The van der Waals surface area contributed by atoms with Crippen LogP contribution >= 0.6 is 0 Å². The topological polar surface area (TPSA) is 69.4 Å². The van der Waals surface area contributed by atoms with Crippen molar-refractivity contribution < 1.29 is 0 Å². The Kier molecular flexibility index (Phi) is 6.40. The lowest BCUT2D eigenvalue weighted by atomic mass is 10.1. The van der Waals surface area contributed by atoms with Crippen LogP contribution < -0.4 is 21.0 Å². The van der Waals surface area contributed by atoms with E-state index in [1.807, 2.05) is 54.9 Å². The van der Waals surface area contributed by atoms with Gasteiger partial charge in [-0.05, 0) is 34.6 Å². The Morgan fingerprint density at radius 2 is 0.940 bits per heavy atom. The van der Waals surface area contributed by atoms with E-state index in [9.17, 15) is 0 Å². The van der Waals surface area contributed by atoms with Gasteiger partial charge in [-0.15, -0.1) is 0 Å². The quantitative estimate of drug-likeness (QED) is 0.199. The Bertz CT molecular complexity index is 2630. The van der Waals surface area contributed by atoms with E-state index in [2.05, 4.69) is 120 Å². The number of fused-ring (bicyclic) bond motifs is 6. The molecule has 0 bridgehead atoms. The van der Waals surface area contributed by atoms with Crippen LogP contribution in [0.2, 0.25) is 0 Å². The first-order valence-corrected chi connectivity index (χ1v) is 18.7. The summed E-state index contributed by atoms with van der Waals surface area (Å²) in [5, 5.41) is 6.93. The molecule has 1 aliphatic heterocycles. The molecule has 0 radical (unpaired) electrons. The summed E-state index contributed by atoms with van der Waals surface area (Å²) in [6.07, 6.45) is 3.82. The second-order valence-corrected chi connectivity index (χ2v) is 16.1. The highest BCUT2D eigenvalue weighted by atomic mass is 28.3. The van der Waals surface area contributed by atoms with Crippen LogP contribution in [-0.4, -0.2) is 37.6 Å². The zero-order valence-electron chi connectivity index (χ0n) is 26.8. The van der Waals surface area contributed by atoms with Gasteiger partial charge in [0, 0.05) is 56.1 Å². The highest BCUT2D eigenvalue weighted by Crippen LogP contribution is 2.32. The van der Waals surface area contributed by atoms with Crippen LogP contribution in [0.25, 0.3) is 61.7 Å². The molecule has 0 unspecified atom stereocenters. The van der Waals surface area contributed by atoms with E-state index in [4.69, 9.17) is 24.9 Å². The summed E-state index contributed by atoms with van der Waals surface area (Å²) in [6.45, 7) is 0. The third kappa shape index (κ3) is 4.17. The van der Waals surface area contributed by atoms with Crippen LogP contribution in [-0.2, 0) is 0 Å². The van der Waals surface area contributed by atoms with Crippen molar-refractivity contribution in [3.8, 4) is 39.9 Å². The van der Waals surface area contributed by atoms with Crippen LogP contribution in [0.1, 0.15) is 0 Å². The van der Waals surface area contributed by atoms with Gasteiger partial charge in [-0.1, -0.05) is 133 Å². The summed E-state index contributed by atoms with van der Waals surface area (Å²) in [6, 6.07) is 54.9. The highest BCUT2D eigenvalue weighted by molar-refractivity contribution is 7.21. The van der Waals surface area contributed by atoms with Crippen LogP contribution in [0.15, 0.2) is 170 Å². The number of hydrogen-bond donors (Lipinski definition) is 0. The summed E-state index contributed by atoms with van der Waals surface area (Å²) in [4.78, 5) is 25.8. The number of aromatic nitrogens is 6. The van der Waals surface area contributed by atoms with Crippen molar-refractivity contribution >= 4 is 50.9 Å². The van der Waals surface area contributed by atoms with Gasteiger partial charge >= 0.3 is 0 Å². The molecule has 0 N–H and O–H groups in total. The molecule has 5 heterocycles. The van der Waals surface area contributed by atoms with E-state index in [-0.39, 0.29) is 0 Å². The predicted octanol–water partition coefficient (Wildman–Crippen LogP) is 6.45. The monoisotopic (exact) mass is 656 g/mol. The molecule has 50 heavy (non-hydrogen) atoms. The van der Waals surface area contributed by atoms with Gasteiger partial charge in [0.15, 0.2) is 11.6 Å². The average Bonchev–Trinajstić information content (AvgIpc) is 3.70. The maximum atomic E-state index is 5.25. The smallest absolute Gasteiger partial charge is 0.238 e. The summed E-state index contributed by atoms with van der Waals surface area (Å²) < 4.78 is 2.16. The summed E-state index contributed by atoms with van der Waals surface area (Å²) in [7, 11) is -2.91. The summed E-state index contributed by atoms with van der Waals surface area (Å²) >= 11 is 0. The van der Waals surface area contributed by atoms with Crippen molar-refractivity contribution in [2.45, 2.75) is 0 Å². The molecule has 5 aromatic carbocycles. The fraction of sp³-hybridized carbons (Fsp3) is 0. The van der Waals surface area contributed by atoms with E-state index >= 15 is 0 Å². The van der Waals surface area contributed by atoms with Crippen LogP contribution in [0.4, 0.5) is 0 Å². The number of pyridine rings is 2. The zero-order valence-corrected chi connectivity index (χ0v) is 27.8. The minimum absolute atomic E-state index is 0.576. The number of benzene rings is 5.